The number of halogens is 1. The van der Waals surface area contributed by atoms with Gasteiger partial charge in [-0.2, -0.15) is 5.26 Å². The number of nitriles is 1. The van der Waals surface area contributed by atoms with Crippen molar-refractivity contribution in [3.05, 3.63) is 52.6 Å². The molecule has 0 bridgehead atoms. The van der Waals surface area contributed by atoms with E-state index < -0.39 is 5.82 Å². The van der Waals surface area contributed by atoms with Crippen molar-refractivity contribution in [2.45, 2.75) is 38.4 Å². The first kappa shape index (κ1) is 20.0. The first-order valence-electron chi connectivity index (χ1n) is 10.0. The van der Waals surface area contributed by atoms with E-state index >= 15 is 0 Å². The molecule has 3 heterocycles. The molecular formula is C21H23FN6O2. The van der Waals surface area contributed by atoms with Crippen molar-refractivity contribution >= 4 is 12.0 Å². The van der Waals surface area contributed by atoms with E-state index in [0.29, 0.717) is 37.1 Å². The number of amides is 2. The van der Waals surface area contributed by atoms with E-state index in [-0.39, 0.29) is 18.1 Å². The lowest BCUT2D eigenvalue weighted by Crippen LogP contribution is -2.43. The molecule has 0 atom stereocenters. The van der Waals surface area contributed by atoms with Gasteiger partial charge in [0.15, 0.2) is 0 Å². The van der Waals surface area contributed by atoms with Crippen LogP contribution in [-0.4, -0.2) is 46.7 Å². The van der Waals surface area contributed by atoms with Crippen molar-refractivity contribution in [1.82, 2.24) is 20.2 Å². The van der Waals surface area contributed by atoms with Crippen molar-refractivity contribution in [2.24, 2.45) is 0 Å². The fraction of sp³-hybridized carbons (Fsp3) is 0.429. The first-order chi connectivity index (χ1) is 14.6. The average molecular weight is 410 g/mol. The van der Waals surface area contributed by atoms with Crippen molar-refractivity contribution in [3.63, 3.8) is 0 Å². The molecule has 1 saturated heterocycles. The lowest BCUT2D eigenvalue weighted by Gasteiger charge is -2.29. The maximum atomic E-state index is 13.4. The summed E-state index contributed by atoms with van der Waals surface area (Å²) >= 11 is 0. The number of nitrogens with zero attached hydrogens (tertiary/aromatic N) is 4. The van der Waals surface area contributed by atoms with Gasteiger partial charge in [0.1, 0.15) is 11.9 Å². The van der Waals surface area contributed by atoms with Crippen molar-refractivity contribution in [3.8, 4) is 6.07 Å². The number of ether oxygens (including phenoxy) is 1. The van der Waals surface area contributed by atoms with Crippen molar-refractivity contribution in [2.75, 3.05) is 25.1 Å². The maximum Gasteiger partial charge on any atom is 0.318 e. The number of aromatic nitrogens is 2. The summed E-state index contributed by atoms with van der Waals surface area (Å²) in [5.74, 6) is 0.0170. The van der Waals surface area contributed by atoms with Gasteiger partial charge in [-0.05, 0) is 42.5 Å². The van der Waals surface area contributed by atoms with Crippen molar-refractivity contribution < 1.29 is 13.9 Å². The molecule has 2 aliphatic rings. The number of fused-ring (bicyclic) bond motifs is 1. The minimum atomic E-state index is -0.565. The smallest absolute Gasteiger partial charge is 0.318 e. The van der Waals surface area contributed by atoms with Crippen LogP contribution < -0.4 is 10.6 Å². The van der Waals surface area contributed by atoms with Crippen LogP contribution in [-0.2, 0) is 24.2 Å². The zero-order valence-corrected chi connectivity index (χ0v) is 16.5. The molecule has 2 N–H and O–H groups in total. The highest BCUT2D eigenvalue weighted by molar-refractivity contribution is 5.74. The van der Waals surface area contributed by atoms with Gasteiger partial charge in [0.25, 0.3) is 0 Å². The maximum absolute atomic E-state index is 13.4. The van der Waals surface area contributed by atoms with Crippen LogP contribution in [0.15, 0.2) is 24.4 Å². The number of benzene rings is 1. The Kier molecular flexibility index (Phi) is 6.05. The van der Waals surface area contributed by atoms with E-state index in [0.717, 1.165) is 37.3 Å². The number of hydrogen-bond donors (Lipinski definition) is 2. The van der Waals surface area contributed by atoms with E-state index in [1.807, 2.05) is 6.20 Å². The highest BCUT2D eigenvalue weighted by atomic mass is 19.1. The Labute approximate surface area is 174 Å². The molecule has 30 heavy (non-hydrogen) atoms. The number of anilines is 1. The molecule has 1 fully saturated rings. The molecule has 4 rings (SSSR count). The van der Waals surface area contributed by atoms with Crippen LogP contribution in [0.2, 0.25) is 0 Å². The molecule has 0 radical (unpaired) electrons. The zero-order chi connectivity index (χ0) is 20.9. The number of rotatable bonds is 4. The predicted molar refractivity (Wildman–Crippen MR) is 107 cm³/mol. The van der Waals surface area contributed by atoms with Crippen molar-refractivity contribution in [1.29, 1.82) is 5.26 Å². The molecule has 2 aliphatic heterocycles. The molecule has 0 aliphatic carbocycles. The third kappa shape index (κ3) is 4.66. The second kappa shape index (κ2) is 9.05. The highest BCUT2D eigenvalue weighted by Crippen LogP contribution is 2.19. The molecule has 9 heteroatoms. The molecule has 0 saturated carbocycles. The second-order valence-electron chi connectivity index (χ2n) is 7.45. The molecule has 0 spiro atoms. The van der Waals surface area contributed by atoms with Crippen LogP contribution >= 0.6 is 0 Å². The van der Waals surface area contributed by atoms with Crippen LogP contribution in [0, 0.1) is 17.1 Å². The van der Waals surface area contributed by atoms with Gasteiger partial charge in [-0.15, -0.1) is 0 Å². The summed E-state index contributed by atoms with van der Waals surface area (Å²) < 4.78 is 18.8. The third-order valence-electron chi connectivity index (χ3n) is 5.38. The molecule has 0 unspecified atom stereocenters. The molecule has 2 amide bonds. The highest BCUT2D eigenvalue weighted by Gasteiger charge is 2.23. The van der Waals surface area contributed by atoms with Gasteiger partial charge in [-0.1, -0.05) is 6.07 Å². The molecule has 1 aromatic heterocycles. The molecular weight excluding hydrogens is 387 g/mol. The van der Waals surface area contributed by atoms with Gasteiger partial charge >= 0.3 is 6.03 Å². The van der Waals surface area contributed by atoms with Crippen LogP contribution in [0.3, 0.4) is 0 Å². The Morgan fingerprint density at radius 1 is 1.37 bits per heavy atom. The second-order valence-corrected chi connectivity index (χ2v) is 7.45. The minimum Gasteiger partial charge on any atom is -0.381 e. The molecule has 2 aromatic rings. The predicted octanol–water partition coefficient (Wildman–Crippen LogP) is 2.35. The fourth-order valence-corrected chi connectivity index (χ4v) is 3.63. The summed E-state index contributed by atoms with van der Waals surface area (Å²) in [5, 5.41) is 15.1. The zero-order valence-electron chi connectivity index (χ0n) is 16.5. The first-order valence-corrected chi connectivity index (χ1v) is 10.0. The van der Waals surface area contributed by atoms with Gasteiger partial charge in [0.2, 0.25) is 5.95 Å². The minimum absolute atomic E-state index is 0.0325. The summed E-state index contributed by atoms with van der Waals surface area (Å²) in [5.41, 5.74) is 2.53. The summed E-state index contributed by atoms with van der Waals surface area (Å²) in [7, 11) is 0. The number of carbonyl (C=O) groups excluding carboxylic acids is 1. The average Bonchev–Trinajstić information content (AvgIpc) is 2.78. The van der Waals surface area contributed by atoms with Gasteiger partial charge in [0.05, 0.1) is 17.8 Å². The standard InChI is InChI=1S/C21H23FN6O2/c22-18-2-1-14(9-16(18)10-23)11-25-21(29)28-6-3-15-12-24-20(27-19(15)13-28)26-17-4-7-30-8-5-17/h1-2,9,12,17H,3-8,11,13H2,(H,25,29)(H,24,26,27). The van der Waals surface area contributed by atoms with E-state index in [1.54, 1.807) is 17.0 Å². The number of nitrogens with one attached hydrogen (secondary N) is 2. The number of carbonyl (C=O) groups is 1. The number of urea groups is 1. The summed E-state index contributed by atoms with van der Waals surface area (Å²) in [6.45, 7) is 2.67. The van der Waals surface area contributed by atoms with Crippen LogP contribution in [0.25, 0.3) is 0 Å². The van der Waals surface area contributed by atoms with E-state index in [9.17, 15) is 9.18 Å². The lowest BCUT2D eigenvalue weighted by molar-refractivity contribution is 0.0903. The monoisotopic (exact) mass is 410 g/mol. The Bertz CT molecular complexity index is 970. The molecule has 156 valence electrons. The SMILES string of the molecule is N#Cc1cc(CNC(=O)N2CCc3cnc(NC4CCOCC4)nc3C2)ccc1F. The summed E-state index contributed by atoms with van der Waals surface area (Å²) in [6, 6.07) is 6.13. The normalized spacial score (nSPS) is 16.5. The lowest BCUT2D eigenvalue weighted by atomic mass is 10.1. The van der Waals surface area contributed by atoms with Gasteiger partial charge in [0, 0.05) is 38.5 Å². The summed E-state index contributed by atoms with van der Waals surface area (Å²) in [6.07, 6.45) is 4.37. The van der Waals surface area contributed by atoms with E-state index in [1.165, 1.54) is 12.1 Å². The van der Waals surface area contributed by atoms with Gasteiger partial charge in [-0.3, -0.25) is 0 Å². The Hall–Kier alpha value is -3.25. The van der Waals surface area contributed by atoms with Crippen LogP contribution in [0.4, 0.5) is 15.1 Å². The fourth-order valence-electron chi connectivity index (χ4n) is 3.63. The third-order valence-corrected chi connectivity index (χ3v) is 5.38. The number of hydrogen-bond acceptors (Lipinski definition) is 6. The topological polar surface area (TPSA) is 103 Å². The Morgan fingerprint density at radius 2 is 2.20 bits per heavy atom. The van der Waals surface area contributed by atoms with Crippen LogP contribution in [0.1, 0.15) is 35.2 Å². The van der Waals surface area contributed by atoms with Gasteiger partial charge in [-0.25, -0.2) is 19.2 Å². The Morgan fingerprint density at radius 3 is 3.00 bits per heavy atom. The van der Waals surface area contributed by atoms with E-state index in [4.69, 9.17) is 10.00 Å². The quantitative estimate of drug-likeness (QED) is 0.802. The molecule has 1 aromatic carbocycles. The van der Waals surface area contributed by atoms with Crippen LogP contribution in [0.5, 0.6) is 0 Å². The molecule has 8 nitrogen and oxygen atoms in total. The summed E-state index contributed by atoms with van der Waals surface area (Å²) in [4.78, 5) is 23.3. The van der Waals surface area contributed by atoms with E-state index in [2.05, 4.69) is 20.6 Å². The Balaban J connectivity index is 1.36. The van der Waals surface area contributed by atoms with Gasteiger partial charge < -0.3 is 20.3 Å². The largest absolute Gasteiger partial charge is 0.381 e.